The minimum atomic E-state index is -0.760. The minimum Gasteiger partial charge on any atom is -0.481 e. The molecule has 6 heteroatoms. The molecule has 3 rings (SSSR count). The SMILES string of the molecule is CC1CN(c2nnc3ccccc3n2)CC1C(=O)O. The van der Waals surface area contributed by atoms with Gasteiger partial charge in [0.15, 0.2) is 0 Å². The predicted molar refractivity (Wildman–Crippen MR) is 69.8 cm³/mol. The molecule has 0 saturated carbocycles. The van der Waals surface area contributed by atoms with Gasteiger partial charge in [0, 0.05) is 13.1 Å². The zero-order valence-corrected chi connectivity index (χ0v) is 10.5. The van der Waals surface area contributed by atoms with Crippen molar-refractivity contribution in [3.63, 3.8) is 0 Å². The molecule has 1 aromatic carbocycles. The Labute approximate surface area is 110 Å². The van der Waals surface area contributed by atoms with Gasteiger partial charge in [0.25, 0.3) is 0 Å². The third-order valence-corrected chi connectivity index (χ3v) is 3.56. The molecule has 98 valence electrons. The van der Waals surface area contributed by atoms with Crippen LogP contribution in [0, 0.1) is 11.8 Å². The standard InChI is InChI=1S/C13H14N4O2/c1-8-6-17(7-9(8)12(18)19)13-14-10-4-2-3-5-11(10)15-16-13/h2-5,8-9H,6-7H2,1H3,(H,18,19). The maximum atomic E-state index is 11.1. The molecular weight excluding hydrogens is 244 g/mol. The fourth-order valence-electron chi connectivity index (χ4n) is 2.46. The number of carboxylic acid groups (broad SMARTS) is 1. The van der Waals surface area contributed by atoms with Gasteiger partial charge in [-0.3, -0.25) is 4.79 Å². The van der Waals surface area contributed by atoms with Crippen LogP contribution < -0.4 is 4.90 Å². The topological polar surface area (TPSA) is 79.2 Å². The van der Waals surface area contributed by atoms with E-state index in [4.69, 9.17) is 5.11 Å². The van der Waals surface area contributed by atoms with Crippen LogP contribution in [0.2, 0.25) is 0 Å². The van der Waals surface area contributed by atoms with Crippen molar-refractivity contribution in [2.24, 2.45) is 11.8 Å². The van der Waals surface area contributed by atoms with Crippen LogP contribution in [0.25, 0.3) is 11.0 Å². The number of carboxylic acids is 1. The number of hydrogen-bond acceptors (Lipinski definition) is 5. The maximum Gasteiger partial charge on any atom is 0.308 e. The van der Waals surface area contributed by atoms with Gasteiger partial charge >= 0.3 is 5.97 Å². The average Bonchev–Trinajstić information content (AvgIpc) is 2.80. The third-order valence-electron chi connectivity index (χ3n) is 3.56. The van der Waals surface area contributed by atoms with E-state index in [1.165, 1.54) is 0 Å². The summed E-state index contributed by atoms with van der Waals surface area (Å²) in [6.07, 6.45) is 0. The summed E-state index contributed by atoms with van der Waals surface area (Å²) in [5, 5.41) is 17.3. The Bertz CT molecular complexity index is 631. The molecule has 6 nitrogen and oxygen atoms in total. The summed E-state index contributed by atoms with van der Waals surface area (Å²) < 4.78 is 0. The Morgan fingerprint density at radius 1 is 1.26 bits per heavy atom. The number of benzene rings is 1. The number of carbonyl (C=O) groups is 1. The molecule has 1 aromatic heterocycles. The van der Waals surface area contributed by atoms with Crippen molar-refractivity contribution < 1.29 is 9.90 Å². The smallest absolute Gasteiger partial charge is 0.308 e. The van der Waals surface area contributed by atoms with E-state index >= 15 is 0 Å². The van der Waals surface area contributed by atoms with E-state index in [0.29, 0.717) is 19.0 Å². The van der Waals surface area contributed by atoms with Crippen molar-refractivity contribution in [1.29, 1.82) is 0 Å². The first-order valence-electron chi connectivity index (χ1n) is 6.22. The van der Waals surface area contributed by atoms with E-state index in [0.717, 1.165) is 11.0 Å². The number of anilines is 1. The molecule has 2 unspecified atom stereocenters. The van der Waals surface area contributed by atoms with Gasteiger partial charge < -0.3 is 10.0 Å². The summed E-state index contributed by atoms with van der Waals surface area (Å²) in [4.78, 5) is 17.5. The van der Waals surface area contributed by atoms with Crippen molar-refractivity contribution >= 4 is 23.0 Å². The number of hydrogen-bond donors (Lipinski definition) is 1. The van der Waals surface area contributed by atoms with Crippen LogP contribution in [0.3, 0.4) is 0 Å². The first kappa shape index (κ1) is 11.8. The summed E-state index contributed by atoms with van der Waals surface area (Å²) in [6, 6.07) is 7.51. The zero-order valence-electron chi connectivity index (χ0n) is 10.5. The van der Waals surface area contributed by atoms with E-state index in [1.807, 2.05) is 36.1 Å². The minimum absolute atomic E-state index is 0.0903. The van der Waals surface area contributed by atoms with Gasteiger partial charge in [0.2, 0.25) is 5.95 Å². The van der Waals surface area contributed by atoms with Crippen molar-refractivity contribution in [2.45, 2.75) is 6.92 Å². The summed E-state index contributed by atoms with van der Waals surface area (Å²) in [5.41, 5.74) is 1.52. The third kappa shape index (κ3) is 2.09. The van der Waals surface area contributed by atoms with Gasteiger partial charge in [-0.05, 0) is 18.1 Å². The normalized spacial score (nSPS) is 22.9. The van der Waals surface area contributed by atoms with Crippen molar-refractivity contribution in [3.8, 4) is 0 Å². The van der Waals surface area contributed by atoms with Crippen molar-refractivity contribution in [2.75, 3.05) is 18.0 Å². The van der Waals surface area contributed by atoms with Crippen LogP contribution in [0.1, 0.15) is 6.92 Å². The van der Waals surface area contributed by atoms with Crippen LogP contribution in [-0.2, 0) is 4.79 Å². The fourth-order valence-corrected chi connectivity index (χ4v) is 2.46. The Hall–Kier alpha value is -2.24. The van der Waals surface area contributed by atoms with Crippen molar-refractivity contribution in [3.05, 3.63) is 24.3 Å². The lowest BCUT2D eigenvalue weighted by molar-refractivity contribution is -0.142. The summed E-state index contributed by atoms with van der Waals surface area (Å²) >= 11 is 0. The van der Waals surface area contributed by atoms with E-state index in [1.54, 1.807) is 0 Å². The van der Waals surface area contributed by atoms with Crippen LogP contribution >= 0.6 is 0 Å². The second kappa shape index (κ2) is 4.46. The number of aromatic nitrogens is 3. The van der Waals surface area contributed by atoms with Crippen LogP contribution in [0.4, 0.5) is 5.95 Å². The van der Waals surface area contributed by atoms with E-state index in [2.05, 4.69) is 15.2 Å². The Morgan fingerprint density at radius 3 is 2.68 bits per heavy atom. The van der Waals surface area contributed by atoms with Gasteiger partial charge in [0.1, 0.15) is 5.52 Å². The molecule has 1 fully saturated rings. The van der Waals surface area contributed by atoms with Crippen LogP contribution in [0.15, 0.2) is 24.3 Å². The highest BCUT2D eigenvalue weighted by molar-refractivity contribution is 5.75. The molecule has 2 atom stereocenters. The maximum absolute atomic E-state index is 11.1. The zero-order chi connectivity index (χ0) is 13.4. The molecule has 0 amide bonds. The molecule has 0 spiro atoms. The molecule has 0 aliphatic carbocycles. The quantitative estimate of drug-likeness (QED) is 0.871. The Morgan fingerprint density at radius 2 is 2.00 bits per heavy atom. The first-order valence-corrected chi connectivity index (χ1v) is 6.22. The second-order valence-electron chi connectivity index (χ2n) is 4.93. The molecule has 1 aliphatic heterocycles. The molecule has 1 aliphatic rings. The van der Waals surface area contributed by atoms with Gasteiger partial charge in [-0.15, -0.1) is 10.2 Å². The Balaban J connectivity index is 1.91. The summed E-state index contributed by atoms with van der Waals surface area (Å²) in [7, 11) is 0. The number of nitrogens with zero attached hydrogens (tertiary/aromatic N) is 4. The molecule has 1 saturated heterocycles. The Kier molecular flexibility index (Phi) is 2.77. The molecule has 1 N–H and O–H groups in total. The summed E-state index contributed by atoms with van der Waals surface area (Å²) in [6.45, 7) is 3.03. The van der Waals surface area contributed by atoms with E-state index in [9.17, 15) is 4.79 Å². The van der Waals surface area contributed by atoms with Gasteiger partial charge in [-0.25, -0.2) is 4.98 Å². The molecule has 0 bridgehead atoms. The highest BCUT2D eigenvalue weighted by atomic mass is 16.4. The number of fused-ring (bicyclic) bond motifs is 1. The van der Waals surface area contributed by atoms with E-state index in [-0.39, 0.29) is 11.8 Å². The first-order chi connectivity index (χ1) is 9.15. The fraction of sp³-hybridized carbons (Fsp3) is 0.385. The lowest BCUT2D eigenvalue weighted by Gasteiger charge is -2.14. The van der Waals surface area contributed by atoms with Crippen LogP contribution in [0.5, 0.6) is 0 Å². The predicted octanol–water partition coefficient (Wildman–Crippen LogP) is 1.18. The average molecular weight is 258 g/mol. The highest BCUT2D eigenvalue weighted by Crippen LogP contribution is 2.26. The highest BCUT2D eigenvalue weighted by Gasteiger charge is 2.36. The molecule has 2 aromatic rings. The van der Waals surface area contributed by atoms with Crippen LogP contribution in [-0.4, -0.2) is 39.3 Å². The largest absolute Gasteiger partial charge is 0.481 e. The van der Waals surface area contributed by atoms with E-state index < -0.39 is 5.97 Å². The summed E-state index contributed by atoms with van der Waals surface area (Å²) in [5.74, 6) is -0.527. The van der Waals surface area contributed by atoms with Gasteiger partial charge in [-0.2, -0.15) is 0 Å². The lowest BCUT2D eigenvalue weighted by Crippen LogP contribution is -2.24. The van der Waals surface area contributed by atoms with Gasteiger partial charge in [0.05, 0.1) is 11.4 Å². The molecular formula is C13H14N4O2. The molecule has 0 radical (unpaired) electrons. The number of rotatable bonds is 2. The second-order valence-corrected chi connectivity index (χ2v) is 4.93. The monoisotopic (exact) mass is 258 g/mol. The number of para-hydroxylation sites is 1. The van der Waals surface area contributed by atoms with Gasteiger partial charge in [-0.1, -0.05) is 19.1 Å². The number of aliphatic carboxylic acids is 1. The molecule has 19 heavy (non-hydrogen) atoms. The lowest BCUT2D eigenvalue weighted by atomic mass is 9.99. The van der Waals surface area contributed by atoms with Crippen molar-refractivity contribution in [1.82, 2.24) is 15.2 Å². The molecule has 2 heterocycles.